The van der Waals surface area contributed by atoms with Crippen LogP contribution in [0.4, 0.5) is 0 Å². The number of para-hydroxylation sites is 1. The minimum absolute atomic E-state index is 0.0103. The van der Waals surface area contributed by atoms with Crippen molar-refractivity contribution in [3.05, 3.63) is 38.8 Å². The first kappa shape index (κ1) is 16.8. The molecule has 1 N–H and O–H groups in total. The number of hydrogen-bond acceptors (Lipinski definition) is 4. The van der Waals surface area contributed by atoms with Crippen molar-refractivity contribution in [1.29, 1.82) is 0 Å². The molecule has 0 unspecified atom stereocenters. The van der Waals surface area contributed by atoms with E-state index in [9.17, 15) is 4.79 Å². The lowest BCUT2D eigenvalue weighted by molar-refractivity contribution is 0.269. The second-order valence-electron chi connectivity index (χ2n) is 5.29. The summed E-state index contributed by atoms with van der Waals surface area (Å²) < 4.78 is 5.43. The zero-order valence-corrected chi connectivity index (χ0v) is 14.3. The molecule has 0 saturated heterocycles. The molecule has 0 amide bonds. The van der Waals surface area contributed by atoms with E-state index in [0.29, 0.717) is 0 Å². The Morgan fingerprint density at radius 3 is 2.50 bits per heavy atom. The largest absolute Gasteiger partial charge is 0.496 e. The molecule has 0 radical (unpaired) electrons. The first-order valence-electron chi connectivity index (χ1n) is 7.77. The van der Waals surface area contributed by atoms with Gasteiger partial charge in [0.2, 0.25) is 0 Å². The summed E-state index contributed by atoms with van der Waals surface area (Å²) in [5.74, 6) is 0.787. The Morgan fingerprint density at radius 1 is 1.18 bits per heavy atom. The Hall–Kier alpha value is -1.59. The third-order valence-corrected chi connectivity index (χ3v) is 4.41. The molecule has 22 heavy (non-hydrogen) atoms. The van der Waals surface area contributed by atoms with Gasteiger partial charge in [-0.3, -0.25) is 9.69 Å². The number of nitrogens with zero attached hydrogens (tertiary/aromatic N) is 1. The fraction of sp³-hybridized carbons (Fsp3) is 0.471. The van der Waals surface area contributed by atoms with Crippen LogP contribution in [0.3, 0.4) is 0 Å². The van der Waals surface area contributed by atoms with E-state index in [0.717, 1.165) is 54.4 Å². The van der Waals surface area contributed by atoms with Crippen molar-refractivity contribution in [2.45, 2.75) is 33.2 Å². The van der Waals surface area contributed by atoms with Crippen molar-refractivity contribution in [3.8, 4) is 17.0 Å². The van der Waals surface area contributed by atoms with Gasteiger partial charge in [-0.25, -0.2) is 0 Å². The third kappa shape index (κ3) is 3.99. The Morgan fingerprint density at radius 2 is 1.86 bits per heavy atom. The van der Waals surface area contributed by atoms with Crippen LogP contribution in [0, 0.1) is 0 Å². The smallest absolute Gasteiger partial charge is 0.305 e. The van der Waals surface area contributed by atoms with Crippen molar-refractivity contribution in [1.82, 2.24) is 9.88 Å². The van der Waals surface area contributed by atoms with Crippen LogP contribution in [0.25, 0.3) is 11.3 Å². The molecule has 120 valence electrons. The maximum absolute atomic E-state index is 11.9. The number of benzene rings is 1. The quantitative estimate of drug-likeness (QED) is 0.806. The van der Waals surface area contributed by atoms with Gasteiger partial charge >= 0.3 is 4.87 Å². The van der Waals surface area contributed by atoms with Gasteiger partial charge in [0.05, 0.1) is 12.8 Å². The van der Waals surface area contributed by atoms with Crippen LogP contribution in [0.1, 0.15) is 31.6 Å². The molecule has 0 spiro atoms. The number of thiazole rings is 1. The molecule has 0 bridgehead atoms. The monoisotopic (exact) mass is 320 g/mol. The van der Waals surface area contributed by atoms with Crippen LogP contribution in [0.15, 0.2) is 29.1 Å². The number of rotatable bonds is 8. The van der Waals surface area contributed by atoms with E-state index in [1.165, 1.54) is 11.3 Å². The second kappa shape index (κ2) is 8.15. The molecule has 0 fully saturated rings. The average molecular weight is 320 g/mol. The minimum Gasteiger partial charge on any atom is -0.496 e. The molecule has 1 aromatic heterocycles. The number of nitrogens with one attached hydrogen (secondary N) is 1. The van der Waals surface area contributed by atoms with Gasteiger partial charge in [-0.05, 0) is 38.1 Å². The van der Waals surface area contributed by atoms with Gasteiger partial charge in [-0.2, -0.15) is 0 Å². The number of aromatic amines is 1. The molecule has 0 aliphatic carbocycles. The fourth-order valence-corrected chi connectivity index (χ4v) is 3.53. The van der Waals surface area contributed by atoms with E-state index in [4.69, 9.17) is 4.74 Å². The minimum atomic E-state index is -0.0103. The normalized spacial score (nSPS) is 11.1. The third-order valence-electron chi connectivity index (χ3n) is 3.54. The van der Waals surface area contributed by atoms with Crippen molar-refractivity contribution >= 4 is 11.3 Å². The lowest BCUT2D eigenvalue weighted by Gasteiger charge is -2.20. The van der Waals surface area contributed by atoms with Crippen molar-refractivity contribution in [2.24, 2.45) is 0 Å². The van der Waals surface area contributed by atoms with Gasteiger partial charge in [0, 0.05) is 17.0 Å². The molecule has 0 saturated carbocycles. The fourth-order valence-electron chi connectivity index (χ4n) is 2.65. The first-order chi connectivity index (χ1) is 10.7. The van der Waals surface area contributed by atoms with Gasteiger partial charge in [0.15, 0.2) is 0 Å². The summed E-state index contributed by atoms with van der Waals surface area (Å²) in [6, 6.07) is 7.82. The highest BCUT2D eigenvalue weighted by Crippen LogP contribution is 2.32. The van der Waals surface area contributed by atoms with Gasteiger partial charge in [0.25, 0.3) is 0 Å². The highest BCUT2D eigenvalue weighted by molar-refractivity contribution is 7.09. The number of H-pyrrole nitrogens is 1. The van der Waals surface area contributed by atoms with E-state index in [-0.39, 0.29) is 4.87 Å². The second-order valence-corrected chi connectivity index (χ2v) is 6.36. The van der Waals surface area contributed by atoms with Crippen LogP contribution in [0.2, 0.25) is 0 Å². The molecule has 1 aromatic carbocycles. The molecule has 2 aromatic rings. The predicted octanol–water partition coefficient (Wildman–Crippen LogP) is 3.73. The summed E-state index contributed by atoms with van der Waals surface area (Å²) in [6.07, 6.45) is 2.23. The van der Waals surface area contributed by atoms with Gasteiger partial charge in [0.1, 0.15) is 5.75 Å². The van der Waals surface area contributed by atoms with Crippen molar-refractivity contribution in [3.63, 3.8) is 0 Å². The van der Waals surface area contributed by atoms with Crippen LogP contribution >= 0.6 is 11.3 Å². The van der Waals surface area contributed by atoms with Crippen LogP contribution in [-0.2, 0) is 6.54 Å². The Balaban J connectivity index is 2.35. The van der Waals surface area contributed by atoms with E-state index in [1.807, 2.05) is 24.3 Å². The van der Waals surface area contributed by atoms with Gasteiger partial charge in [-0.15, -0.1) is 0 Å². The molecule has 1 heterocycles. The summed E-state index contributed by atoms with van der Waals surface area (Å²) in [5, 5.41) is 0. The lowest BCUT2D eigenvalue weighted by Crippen LogP contribution is -2.24. The summed E-state index contributed by atoms with van der Waals surface area (Å²) in [4.78, 5) is 18.3. The highest BCUT2D eigenvalue weighted by atomic mass is 32.1. The van der Waals surface area contributed by atoms with E-state index < -0.39 is 0 Å². The zero-order valence-electron chi connectivity index (χ0n) is 13.5. The summed E-state index contributed by atoms with van der Waals surface area (Å²) >= 11 is 1.30. The molecular formula is C17H24N2O2S. The predicted molar refractivity (Wildman–Crippen MR) is 92.8 cm³/mol. The molecule has 2 rings (SSSR count). The summed E-state index contributed by atoms with van der Waals surface area (Å²) in [6.45, 7) is 7.27. The van der Waals surface area contributed by atoms with Gasteiger partial charge in [-0.1, -0.05) is 37.3 Å². The van der Waals surface area contributed by atoms with E-state index >= 15 is 0 Å². The molecule has 0 aliphatic heterocycles. The highest BCUT2D eigenvalue weighted by Gasteiger charge is 2.16. The molecular weight excluding hydrogens is 296 g/mol. The van der Waals surface area contributed by atoms with Gasteiger partial charge < -0.3 is 9.72 Å². The Kier molecular flexibility index (Phi) is 6.21. The number of methoxy groups -OCH3 is 1. The average Bonchev–Trinajstić information content (AvgIpc) is 2.88. The van der Waals surface area contributed by atoms with Crippen LogP contribution in [0.5, 0.6) is 5.75 Å². The van der Waals surface area contributed by atoms with E-state index in [1.54, 1.807) is 7.11 Å². The maximum Gasteiger partial charge on any atom is 0.305 e. The number of aromatic nitrogens is 1. The van der Waals surface area contributed by atoms with Crippen molar-refractivity contribution < 1.29 is 4.74 Å². The Bertz CT molecular complexity index is 642. The Labute approximate surface area is 135 Å². The van der Waals surface area contributed by atoms with Crippen LogP contribution in [-0.4, -0.2) is 30.1 Å². The molecule has 5 heteroatoms. The number of hydrogen-bond donors (Lipinski definition) is 1. The van der Waals surface area contributed by atoms with Crippen molar-refractivity contribution in [2.75, 3.05) is 20.2 Å². The number of ether oxygens (including phenoxy) is 1. The van der Waals surface area contributed by atoms with E-state index in [2.05, 4.69) is 23.7 Å². The SMILES string of the molecule is CCCN(CCC)Cc1sc(=O)[nH]c1-c1ccccc1OC. The molecule has 0 atom stereocenters. The summed E-state index contributed by atoms with van der Waals surface area (Å²) in [7, 11) is 1.66. The zero-order chi connectivity index (χ0) is 15.9. The summed E-state index contributed by atoms with van der Waals surface area (Å²) in [5.41, 5.74) is 1.84. The topological polar surface area (TPSA) is 45.3 Å². The standard InChI is InChI=1S/C17H24N2O2S/c1-4-10-19(11-5-2)12-15-16(18-17(20)22-15)13-8-6-7-9-14(13)21-3/h6-9H,4-5,10-12H2,1-3H3,(H,18,20). The molecule has 0 aliphatic rings. The first-order valence-corrected chi connectivity index (χ1v) is 8.59. The van der Waals surface area contributed by atoms with Crippen LogP contribution < -0.4 is 9.61 Å². The maximum atomic E-state index is 11.9. The lowest BCUT2D eigenvalue weighted by atomic mass is 10.1. The molecule has 4 nitrogen and oxygen atoms in total.